The molecule has 1 amide bonds. The molecule has 0 aliphatic heterocycles. The summed E-state index contributed by atoms with van der Waals surface area (Å²) in [7, 11) is -1.16. The van der Waals surface area contributed by atoms with Crippen LogP contribution in [0.1, 0.15) is 58.1 Å². The number of nitriles is 1. The van der Waals surface area contributed by atoms with E-state index in [1.54, 1.807) is 36.2 Å². The number of aromatic nitrogens is 4. The van der Waals surface area contributed by atoms with Gasteiger partial charge in [0.1, 0.15) is 16.8 Å². The molecule has 5 aromatic rings. The van der Waals surface area contributed by atoms with Crippen molar-refractivity contribution in [1.29, 1.82) is 5.26 Å². The number of nitrogens with zero attached hydrogens (tertiary/aromatic N) is 5. The molecule has 3 N–H and O–H groups in total. The van der Waals surface area contributed by atoms with Gasteiger partial charge < -0.3 is 19.6 Å². The first-order chi connectivity index (χ1) is 23.6. The quantitative estimate of drug-likeness (QED) is 0.114. The number of carbonyl (C=O) groups is 1. The maximum Gasteiger partial charge on any atom is 0.411 e. The first-order valence-corrected chi connectivity index (χ1v) is 18.3. The van der Waals surface area contributed by atoms with Crippen molar-refractivity contribution >= 4 is 47.6 Å². The van der Waals surface area contributed by atoms with E-state index in [4.69, 9.17) is 9.16 Å². The second-order valence-corrected chi connectivity index (χ2v) is 17.2. The first-order valence-electron chi connectivity index (χ1n) is 16.4. The highest BCUT2D eigenvalue weighted by Gasteiger charge is 2.50. The molecule has 2 aromatic heterocycles. The van der Waals surface area contributed by atoms with Crippen LogP contribution in [0.5, 0.6) is 5.75 Å². The highest BCUT2D eigenvalue weighted by molar-refractivity contribution is 6.99. The molecule has 1 atom stereocenters. The van der Waals surface area contributed by atoms with Gasteiger partial charge in [0.25, 0.3) is 8.32 Å². The van der Waals surface area contributed by atoms with Gasteiger partial charge in [0, 0.05) is 18.2 Å². The average molecular weight is 678 g/mol. The van der Waals surface area contributed by atoms with Gasteiger partial charge in [0.05, 0.1) is 31.5 Å². The van der Waals surface area contributed by atoms with E-state index < -0.39 is 14.4 Å². The van der Waals surface area contributed by atoms with E-state index in [1.807, 2.05) is 12.1 Å². The van der Waals surface area contributed by atoms with E-state index in [9.17, 15) is 15.2 Å². The van der Waals surface area contributed by atoms with Crippen LogP contribution in [-0.4, -0.2) is 59.0 Å². The van der Waals surface area contributed by atoms with Gasteiger partial charge in [-0.2, -0.15) is 15.3 Å². The molecular weight excluding hydrogens is 635 g/mol. The van der Waals surface area contributed by atoms with Gasteiger partial charge in [-0.3, -0.25) is 10.00 Å². The standard InChI is InChI=1S/C37H43N7O4Si/c1-6-13-28(20-21-48-49(37(2,3)4,29-14-9-7-10-15-29)30-16-11-8-12-17-30)40-34-33-31(41-35(42-34)43-36(45)46)24-39-44(33)25-27-22-26(23-38)18-19-32(27)47-5/h7-12,14-19,22,24,28H,6,13,20-21,25H2,1-5H3,(H,45,46)(H2,40,41,42,43). The van der Waals surface area contributed by atoms with Crippen molar-refractivity contribution in [3.8, 4) is 11.8 Å². The second-order valence-electron chi connectivity index (χ2n) is 12.9. The van der Waals surface area contributed by atoms with E-state index in [0.29, 0.717) is 41.2 Å². The third-order valence-corrected chi connectivity index (χ3v) is 13.7. The Labute approximate surface area is 288 Å². The molecule has 1 unspecified atom stereocenters. The molecule has 0 aliphatic rings. The van der Waals surface area contributed by atoms with Crippen molar-refractivity contribution in [3.63, 3.8) is 0 Å². The lowest BCUT2D eigenvalue weighted by molar-refractivity contribution is 0.209. The number of amides is 1. The molecule has 2 heterocycles. The summed E-state index contributed by atoms with van der Waals surface area (Å²) in [5, 5.41) is 31.7. The number of fused-ring (bicyclic) bond motifs is 1. The van der Waals surface area contributed by atoms with Crippen molar-refractivity contribution in [2.24, 2.45) is 0 Å². The lowest BCUT2D eigenvalue weighted by atomic mass is 10.1. The maximum absolute atomic E-state index is 11.6. The normalized spacial score (nSPS) is 12.3. The number of benzene rings is 3. The molecule has 49 heavy (non-hydrogen) atoms. The van der Waals surface area contributed by atoms with Crippen molar-refractivity contribution in [3.05, 3.63) is 96.2 Å². The van der Waals surface area contributed by atoms with Crippen LogP contribution < -0.4 is 25.7 Å². The number of carboxylic acid groups (broad SMARTS) is 1. The van der Waals surface area contributed by atoms with Crippen molar-refractivity contribution < 1.29 is 19.1 Å². The van der Waals surface area contributed by atoms with Gasteiger partial charge in [-0.25, -0.2) is 9.78 Å². The van der Waals surface area contributed by atoms with Crippen molar-refractivity contribution in [2.75, 3.05) is 24.4 Å². The Hall–Kier alpha value is -5.25. The van der Waals surface area contributed by atoms with Crippen LogP contribution in [0, 0.1) is 11.3 Å². The van der Waals surface area contributed by atoms with Crippen LogP contribution in [0.2, 0.25) is 5.04 Å². The number of anilines is 2. The summed E-state index contributed by atoms with van der Waals surface area (Å²) in [4.78, 5) is 20.6. The summed E-state index contributed by atoms with van der Waals surface area (Å²) in [5.41, 5.74) is 2.33. The Morgan fingerprint density at radius 2 is 1.69 bits per heavy atom. The van der Waals surface area contributed by atoms with Gasteiger partial charge in [-0.05, 0) is 46.5 Å². The zero-order valence-corrected chi connectivity index (χ0v) is 29.6. The van der Waals surface area contributed by atoms with Gasteiger partial charge in [-0.15, -0.1) is 0 Å². The van der Waals surface area contributed by atoms with Crippen LogP contribution in [0.15, 0.2) is 85.1 Å². The third-order valence-electron chi connectivity index (χ3n) is 8.62. The summed E-state index contributed by atoms with van der Waals surface area (Å²) in [5.74, 6) is 1.02. The molecule has 254 valence electrons. The molecule has 0 aliphatic carbocycles. The summed E-state index contributed by atoms with van der Waals surface area (Å²) in [6, 6.07) is 28.5. The van der Waals surface area contributed by atoms with E-state index in [-0.39, 0.29) is 23.6 Å². The second kappa shape index (κ2) is 15.3. The molecule has 0 bridgehead atoms. The van der Waals surface area contributed by atoms with E-state index >= 15 is 0 Å². The van der Waals surface area contributed by atoms with E-state index in [2.05, 4.69) is 108 Å². The zero-order valence-electron chi connectivity index (χ0n) is 28.6. The summed E-state index contributed by atoms with van der Waals surface area (Å²) >= 11 is 0. The number of methoxy groups -OCH3 is 1. The summed E-state index contributed by atoms with van der Waals surface area (Å²) < 4.78 is 14.5. The largest absolute Gasteiger partial charge is 0.496 e. The zero-order chi connectivity index (χ0) is 35.0. The number of ether oxygens (including phenoxy) is 1. The van der Waals surface area contributed by atoms with Gasteiger partial charge in [0.15, 0.2) is 5.82 Å². The lowest BCUT2D eigenvalue weighted by Crippen LogP contribution is -2.66. The SMILES string of the molecule is CCCC(CCO[Si](c1ccccc1)(c1ccccc1)C(C)(C)C)Nc1nc(NC(=O)O)nc2cnn(Cc3cc(C#N)ccc3OC)c12. The smallest absolute Gasteiger partial charge is 0.411 e. The minimum absolute atomic E-state index is 0.0510. The molecule has 11 nitrogen and oxygen atoms in total. The minimum atomic E-state index is -2.74. The number of hydrogen-bond donors (Lipinski definition) is 3. The Balaban J connectivity index is 1.49. The Bertz CT molecular complexity index is 1880. The topological polar surface area (TPSA) is 147 Å². The monoisotopic (exact) mass is 677 g/mol. The molecular formula is C37H43N7O4Si. The predicted octanol–water partition coefficient (Wildman–Crippen LogP) is 6.39. The van der Waals surface area contributed by atoms with Crippen LogP contribution in [0.25, 0.3) is 11.0 Å². The van der Waals surface area contributed by atoms with Crippen LogP contribution in [0.4, 0.5) is 16.6 Å². The van der Waals surface area contributed by atoms with Gasteiger partial charge in [-0.1, -0.05) is 94.8 Å². The summed E-state index contributed by atoms with van der Waals surface area (Å²) in [6.07, 6.45) is 2.72. The molecule has 0 spiro atoms. The third kappa shape index (κ3) is 7.74. The maximum atomic E-state index is 11.6. The molecule has 0 saturated carbocycles. The van der Waals surface area contributed by atoms with Crippen molar-refractivity contribution in [2.45, 2.75) is 64.6 Å². The number of hydrogen-bond acceptors (Lipinski definition) is 8. The molecule has 0 saturated heterocycles. The highest BCUT2D eigenvalue weighted by atomic mass is 28.4. The predicted molar refractivity (Wildman–Crippen MR) is 194 cm³/mol. The molecule has 3 aromatic carbocycles. The van der Waals surface area contributed by atoms with Crippen LogP contribution in [-0.2, 0) is 11.0 Å². The Kier molecular flexibility index (Phi) is 11.0. The molecule has 5 rings (SSSR count). The van der Waals surface area contributed by atoms with Gasteiger partial charge >= 0.3 is 6.09 Å². The summed E-state index contributed by atoms with van der Waals surface area (Å²) in [6.45, 7) is 9.69. The van der Waals surface area contributed by atoms with Gasteiger partial charge in [0.2, 0.25) is 5.95 Å². The highest BCUT2D eigenvalue weighted by Crippen LogP contribution is 2.37. The van der Waals surface area contributed by atoms with Crippen LogP contribution >= 0.6 is 0 Å². The average Bonchev–Trinajstić information content (AvgIpc) is 3.49. The van der Waals surface area contributed by atoms with E-state index in [0.717, 1.165) is 18.4 Å². The number of rotatable bonds is 14. The van der Waals surface area contributed by atoms with E-state index in [1.165, 1.54) is 10.4 Å². The first kappa shape index (κ1) is 35.1. The number of nitrogens with one attached hydrogen (secondary N) is 2. The lowest BCUT2D eigenvalue weighted by Gasteiger charge is -2.43. The fourth-order valence-electron chi connectivity index (χ4n) is 6.45. The van der Waals surface area contributed by atoms with Crippen molar-refractivity contribution in [1.82, 2.24) is 19.7 Å². The Morgan fingerprint density at radius 1 is 1.02 bits per heavy atom. The van der Waals surface area contributed by atoms with Crippen LogP contribution in [0.3, 0.4) is 0 Å². The molecule has 0 radical (unpaired) electrons. The fourth-order valence-corrected chi connectivity index (χ4v) is 11.0. The Morgan fingerprint density at radius 3 is 2.27 bits per heavy atom. The molecule has 0 fully saturated rings. The molecule has 12 heteroatoms. The fraction of sp³-hybridized carbons (Fsp3) is 0.324. The minimum Gasteiger partial charge on any atom is -0.496 e.